The van der Waals surface area contributed by atoms with Crippen LogP contribution in [0.25, 0.3) is 0 Å². The van der Waals surface area contributed by atoms with Gasteiger partial charge in [-0.1, -0.05) is 77.9 Å². The smallest absolute Gasteiger partial charge is 0.305 e. The lowest BCUT2D eigenvalue weighted by Gasteiger charge is -2.44. The minimum Gasteiger partial charge on any atom is -0.481 e. The van der Waals surface area contributed by atoms with Crippen LogP contribution in [0.15, 0.2) is 72.8 Å². The standard InChI is InChI=1S/C40H55F2N5O3S.C25H37F2N3O3S.C15H20N2O.2H2S/c1-39(2,3)15-18-47-37(50)33(51-38(47)30-23-28(41)24-31(42)35(30)45-19-21-46(22-20-45)40(4,5)6)25-34(48)44-16-13-26(14-17-44)29-12-11-27-9-7-8-10-32(27)43-36(29)49;1-24(2,3)7-8-30-22(33)19(15-20(31)32)34-23(30)17-13-16(26)14-18(27)21(17)28-9-11-29(12-10-28)25(4,5)6;18-15-13(11-7-9-16-10-8-11)6-5-12-3-1-2-4-14(12)17-15;;/h7-10,23-24,26,29,33,38H,11-22,25H2,1-6H3,(H,43,49);13-14,19,23H,7-12,15H2,1-6H3,(H,31,32);1-4,11,13,16H,5-10H2,(H,17,18);2*1H2/t29?,33-,38?;19-,23?;;;/m00.../s1. The molecule has 0 spiro atoms. The molecular weight excluding hydrogens is 1420 g/mol. The van der Waals surface area contributed by atoms with Crippen LogP contribution in [-0.4, -0.2) is 178 Å². The van der Waals surface area contributed by atoms with E-state index in [1.807, 2.05) is 45.0 Å². The van der Waals surface area contributed by atoms with Crippen molar-refractivity contribution in [3.05, 3.63) is 118 Å². The minimum atomic E-state index is -1.06. The molecule has 4 unspecified atom stereocenters. The number of nitrogens with zero attached hydrogens (tertiary/aromatic N) is 7. The third-order valence-corrected chi connectivity index (χ3v) is 24.9. The van der Waals surface area contributed by atoms with E-state index < -0.39 is 50.5 Å². The van der Waals surface area contributed by atoms with Crippen LogP contribution >= 0.6 is 50.5 Å². The van der Waals surface area contributed by atoms with Gasteiger partial charge >= 0.3 is 5.97 Å². The van der Waals surface area contributed by atoms with Crippen LogP contribution < -0.4 is 25.8 Å². The Morgan fingerprint density at radius 3 is 1.27 bits per heavy atom. The van der Waals surface area contributed by atoms with Gasteiger partial charge in [0.25, 0.3) is 0 Å². The number of hydrogen-bond acceptors (Lipinski definition) is 13. The monoisotopic (exact) mass is 1530 g/mol. The van der Waals surface area contributed by atoms with E-state index >= 15 is 13.2 Å². The number of para-hydroxylation sites is 2. The summed E-state index contributed by atoms with van der Waals surface area (Å²) in [6.07, 6.45) is 8.50. The van der Waals surface area contributed by atoms with Crippen molar-refractivity contribution >= 4 is 109 Å². The zero-order chi connectivity index (χ0) is 74.5. The van der Waals surface area contributed by atoms with Crippen molar-refractivity contribution in [1.29, 1.82) is 0 Å². The summed E-state index contributed by atoms with van der Waals surface area (Å²) in [5.41, 5.74) is 5.74. The highest BCUT2D eigenvalue weighted by atomic mass is 32.2. The van der Waals surface area contributed by atoms with Gasteiger partial charge in [0, 0.05) is 143 Å². The highest BCUT2D eigenvalue weighted by Gasteiger charge is 2.47. The molecule has 6 atom stereocenters. The quantitative estimate of drug-likeness (QED) is 0.0875. The van der Waals surface area contributed by atoms with Gasteiger partial charge in [0.05, 0.1) is 28.3 Å². The molecule has 5 amide bonds. The lowest BCUT2D eigenvalue weighted by atomic mass is 9.81. The van der Waals surface area contributed by atoms with E-state index in [-0.39, 0.29) is 109 Å². The third kappa shape index (κ3) is 21.8. The van der Waals surface area contributed by atoms with E-state index in [1.165, 1.54) is 41.2 Å². The molecule has 4 N–H and O–H groups in total. The molecule has 580 valence electrons. The molecule has 12 rings (SSSR count). The third-order valence-electron chi connectivity index (χ3n) is 22.0. The van der Waals surface area contributed by atoms with Gasteiger partial charge < -0.3 is 45.6 Å². The van der Waals surface area contributed by atoms with Crippen molar-refractivity contribution in [2.24, 2.45) is 34.5 Å². The van der Waals surface area contributed by atoms with E-state index in [9.17, 15) is 38.3 Å². The van der Waals surface area contributed by atoms with Gasteiger partial charge in [-0.15, -0.1) is 23.5 Å². The number of aryl methyl sites for hydroxylation is 2. The average molecular weight is 1530 g/mol. The summed E-state index contributed by atoms with van der Waals surface area (Å²) >= 11 is 2.53. The number of piperazine rings is 2. The number of anilines is 4. The largest absolute Gasteiger partial charge is 0.481 e. The molecule has 4 aromatic rings. The Hall–Kier alpha value is -5.70. The molecule has 8 heterocycles. The Bertz CT molecular complexity index is 3670. The summed E-state index contributed by atoms with van der Waals surface area (Å²) in [5.74, 6) is -3.09. The lowest BCUT2D eigenvalue weighted by Crippen LogP contribution is -2.53. The molecule has 8 aliphatic heterocycles. The van der Waals surface area contributed by atoms with Crippen LogP contribution in [0.3, 0.4) is 0 Å². The first kappa shape index (κ1) is 84.9. The Balaban J connectivity index is 0.000000221. The zero-order valence-corrected chi connectivity index (χ0v) is 67.4. The predicted molar refractivity (Wildman–Crippen MR) is 426 cm³/mol. The first-order valence-electron chi connectivity index (χ1n) is 37.5. The summed E-state index contributed by atoms with van der Waals surface area (Å²) in [4.78, 5) is 91.9. The van der Waals surface area contributed by atoms with Gasteiger partial charge in [0.1, 0.15) is 34.0 Å². The van der Waals surface area contributed by atoms with Gasteiger partial charge in [0.2, 0.25) is 29.5 Å². The second-order valence-corrected chi connectivity index (χ2v) is 36.3. The van der Waals surface area contributed by atoms with Gasteiger partial charge in [0.15, 0.2) is 0 Å². The lowest BCUT2D eigenvalue weighted by molar-refractivity contribution is -0.140. The number of aliphatic carboxylic acids is 1. The number of carboxylic acids is 1. The maximum atomic E-state index is 15.8. The molecule has 6 saturated heterocycles. The van der Waals surface area contributed by atoms with Crippen molar-refractivity contribution in [1.82, 2.24) is 29.8 Å². The van der Waals surface area contributed by atoms with E-state index in [2.05, 4.69) is 127 Å². The molecule has 17 nitrogen and oxygen atoms in total. The number of carbonyl (C=O) groups is 6. The van der Waals surface area contributed by atoms with E-state index in [4.69, 9.17) is 0 Å². The van der Waals surface area contributed by atoms with Crippen LogP contribution in [0.1, 0.15) is 180 Å². The van der Waals surface area contributed by atoms with Crippen LogP contribution in [0.2, 0.25) is 0 Å². The maximum Gasteiger partial charge on any atom is 0.305 e. The second kappa shape index (κ2) is 36.2. The van der Waals surface area contributed by atoms with Gasteiger partial charge in [-0.05, 0) is 177 Å². The number of carbonyl (C=O) groups excluding carboxylic acids is 5. The van der Waals surface area contributed by atoms with Crippen LogP contribution in [0.5, 0.6) is 0 Å². The number of carboxylic acid groups (broad SMARTS) is 1. The molecule has 0 bridgehead atoms. The molecule has 0 aromatic heterocycles. The number of likely N-dealkylation sites (tertiary alicyclic amines) is 1. The van der Waals surface area contributed by atoms with Crippen molar-refractivity contribution in [3.63, 3.8) is 0 Å². The van der Waals surface area contributed by atoms with Crippen molar-refractivity contribution in [3.8, 4) is 0 Å². The number of hydrogen-bond donors (Lipinski definition) is 4. The number of thioether (sulfide) groups is 2. The first-order valence-corrected chi connectivity index (χ1v) is 39.4. The number of fused-ring (bicyclic) bond motifs is 2. The number of benzene rings is 4. The molecule has 0 aliphatic carbocycles. The van der Waals surface area contributed by atoms with Crippen LogP contribution in [-0.2, 0) is 41.6 Å². The van der Waals surface area contributed by atoms with E-state index in [0.29, 0.717) is 93.6 Å². The highest BCUT2D eigenvalue weighted by Crippen LogP contribution is 2.51. The summed E-state index contributed by atoms with van der Waals surface area (Å²) in [7, 11) is 0. The van der Waals surface area contributed by atoms with Crippen LogP contribution in [0.4, 0.5) is 40.3 Å². The normalized spacial score (nSPS) is 23.3. The zero-order valence-electron chi connectivity index (χ0n) is 63.8. The number of piperidine rings is 2. The molecule has 4 aromatic carbocycles. The van der Waals surface area contributed by atoms with Gasteiger partial charge in [-0.3, -0.25) is 38.6 Å². The summed E-state index contributed by atoms with van der Waals surface area (Å²) in [5, 5.41) is 16.2. The SMILES string of the molecule is CC(C)(C)CCN1C(=O)[C@H](CC(=O)N2CCC(C3CCc4ccccc4NC3=O)CC2)SC1c1cc(F)cc(F)c1N1CCN(C(C)(C)C)CC1.CC(C)(C)CCN1C(=O)[C@H](CC(=O)O)SC1c1cc(F)cc(F)c1N1CCN(C(C)(C)C)CC1.O=C1Nc2ccccc2CCC1C1CCNCC1.S.S. The number of amides is 5. The second-order valence-electron chi connectivity index (χ2n) is 33.8. The predicted octanol–water partition coefficient (Wildman–Crippen LogP) is 14.2. The van der Waals surface area contributed by atoms with Crippen LogP contribution in [0, 0.1) is 57.8 Å². The number of nitrogens with one attached hydrogen (secondary N) is 3. The molecular formula is C80H116F4N10O7S4. The Kier molecular flexibility index (Phi) is 29.3. The fourth-order valence-corrected chi connectivity index (χ4v) is 18.9. The molecule has 25 heteroatoms. The van der Waals surface area contributed by atoms with Crippen molar-refractivity contribution < 1.29 is 51.4 Å². The van der Waals surface area contributed by atoms with Crippen molar-refractivity contribution in [2.75, 3.05) is 112 Å². The Labute approximate surface area is 643 Å². The van der Waals surface area contributed by atoms with E-state index in [1.54, 1.807) is 9.80 Å². The summed E-state index contributed by atoms with van der Waals surface area (Å²) < 4.78 is 60.6. The Morgan fingerprint density at radius 2 is 0.886 bits per heavy atom. The fourth-order valence-electron chi connectivity index (χ4n) is 15.9. The maximum absolute atomic E-state index is 15.8. The fraction of sp³-hybridized carbons (Fsp3) is 0.625. The van der Waals surface area contributed by atoms with Gasteiger partial charge in [-0.25, -0.2) is 17.6 Å². The molecule has 8 aliphatic rings. The number of halogens is 4. The first-order chi connectivity index (χ1) is 48.6. The molecule has 105 heavy (non-hydrogen) atoms. The molecule has 6 fully saturated rings. The number of rotatable bonds is 14. The summed E-state index contributed by atoms with van der Waals surface area (Å²) in [6, 6.07) is 20.7. The van der Waals surface area contributed by atoms with Crippen molar-refractivity contribution in [2.45, 2.75) is 192 Å². The summed E-state index contributed by atoms with van der Waals surface area (Å²) in [6.45, 7) is 34.8. The van der Waals surface area contributed by atoms with Gasteiger partial charge in [-0.2, -0.15) is 27.0 Å². The molecule has 0 radical (unpaired) electrons. The minimum absolute atomic E-state index is 0. The average Bonchev–Trinajstić information content (AvgIpc) is 1.60. The molecule has 0 saturated carbocycles. The Morgan fingerprint density at radius 1 is 0.505 bits per heavy atom. The van der Waals surface area contributed by atoms with E-state index in [0.717, 1.165) is 120 Å². The highest BCUT2D eigenvalue weighted by molar-refractivity contribution is 8.01. The topological polar surface area (TPSA) is 181 Å².